The first-order valence-electron chi connectivity index (χ1n) is 8.90. The second kappa shape index (κ2) is 10.1. The van der Waals surface area contributed by atoms with Crippen LogP contribution in [0.1, 0.15) is 38.3 Å². The summed E-state index contributed by atoms with van der Waals surface area (Å²) in [5.41, 5.74) is 0.536. The van der Waals surface area contributed by atoms with Crippen LogP contribution < -0.4 is 10.6 Å². The molecular formula is C18H24Cl2FN3O3. The van der Waals surface area contributed by atoms with Crippen LogP contribution in [0.15, 0.2) is 12.1 Å². The molecule has 2 rings (SSSR count). The van der Waals surface area contributed by atoms with E-state index in [4.69, 9.17) is 27.9 Å². The van der Waals surface area contributed by atoms with Crippen molar-refractivity contribution in [3.05, 3.63) is 33.6 Å². The number of amides is 2. The topological polar surface area (TPSA) is 70.7 Å². The summed E-state index contributed by atoms with van der Waals surface area (Å²) in [5.74, 6) is -0.718. The zero-order chi connectivity index (χ0) is 20.0. The van der Waals surface area contributed by atoms with Gasteiger partial charge in [0.15, 0.2) is 0 Å². The first-order chi connectivity index (χ1) is 12.8. The molecule has 2 N–H and O–H groups in total. The second-order valence-corrected chi connectivity index (χ2v) is 7.23. The number of nitrogens with one attached hydrogen (secondary N) is 2. The van der Waals surface area contributed by atoms with Crippen molar-refractivity contribution in [2.75, 3.05) is 26.2 Å². The van der Waals surface area contributed by atoms with Crippen molar-refractivity contribution in [1.82, 2.24) is 15.5 Å². The Morgan fingerprint density at radius 1 is 1.30 bits per heavy atom. The van der Waals surface area contributed by atoms with Gasteiger partial charge in [0, 0.05) is 30.2 Å². The third-order valence-corrected chi connectivity index (χ3v) is 5.08. The first kappa shape index (κ1) is 21.7. The number of ether oxygens (including phenoxy) is 1. The Morgan fingerprint density at radius 2 is 1.96 bits per heavy atom. The molecule has 1 heterocycles. The number of nitrogens with zero attached hydrogens (tertiary/aromatic N) is 1. The maximum absolute atomic E-state index is 13.6. The van der Waals surface area contributed by atoms with Gasteiger partial charge in [-0.1, -0.05) is 23.2 Å². The quantitative estimate of drug-likeness (QED) is 0.691. The van der Waals surface area contributed by atoms with Crippen LogP contribution in [0.3, 0.4) is 0 Å². The molecule has 0 aromatic heterocycles. The predicted octanol–water partition coefficient (Wildman–Crippen LogP) is 3.52. The molecule has 1 atom stereocenters. The van der Waals surface area contributed by atoms with Gasteiger partial charge in [-0.3, -0.25) is 4.79 Å². The minimum atomic E-state index is -0.553. The van der Waals surface area contributed by atoms with Crippen LogP contribution in [0.25, 0.3) is 0 Å². The van der Waals surface area contributed by atoms with E-state index in [1.54, 1.807) is 18.7 Å². The molecule has 1 aromatic carbocycles. The van der Waals surface area contributed by atoms with Crippen molar-refractivity contribution >= 4 is 35.2 Å². The lowest BCUT2D eigenvalue weighted by molar-refractivity contribution is -0.121. The number of rotatable bonds is 6. The third-order valence-electron chi connectivity index (χ3n) is 4.46. The highest BCUT2D eigenvalue weighted by Gasteiger charge is 2.24. The van der Waals surface area contributed by atoms with E-state index < -0.39 is 5.82 Å². The van der Waals surface area contributed by atoms with Crippen LogP contribution in [0, 0.1) is 5.82 Å². The molecular weight excluding hydrogens is 396 g/mol. The molecule has 1 aliphatic rings. The van der Waals surface area contributed by atoms with Crippen molar-refractivity contribution < 1.29 is 18.7 Å². The van der Waals surface area contributed by atoms with Gasteiger partial charge in [-0.2, -0.15) is 0 Å². The number of hydrogen-bond donors (Lipinski definition) is 2. The van der Waals surface area contributed by atoms with Gasteiger partial charge in [-0.15, -0.1) is 0 Å². The molecule has 0 unspecified atom stereocenters. The van der Waals surface area contributed by atoms with Crippen molar-refractivity contribution in [3.8, 4) is 0 Å². The number of likely N-dealkylation sites (tertiary alicyclic amines) is 1. The standard InChI is InChI=1S/C18H24Cl2FN3O3/c1-3-27-18(26)24-6-4-12(5-7-24)23-17(25)10-22-11(2)13-8-16(21)15(20)9-14(13)19/h8-9,11-12,22H,3-7,10H2,1-2H3,(H,23,25)/t11-/m0/s1. The number of carbonyl (C=O) groups is 2. The van der Waals surface area contributed by atoms with Crippen LogP contribution in [-0.2, 0) is 9.53 Å². The smallest absolute Gasteiger partial charge is 0.409 e. The maximum atomic E-state index is 13.6. The molecule has 27 heavy (non-hydrogen) atoms. The van der Waals surface area contributed by atoms with Crippen molar-refractivity contribution in [2.24, 2.45) is 0 Å². The lowest BCUT2D eigenvalue weighted by atomic mass is 10.1. The summed E-state index contributed by atoms with van der Waals surface area (Å²) in [6.07, 6.45) is 1.03. The molecule has 0 radical (unpaired) electrons. The lowest BCUT2D eigenvalue weighted by Gasteiger charge is -2.31. The van der Waals surface area contributed by atoms with Crippen LogP contribution in [0.4, 0.5) is 9.18 Å². The fourth-order valence-corrected chi connectivity index (χ4v) is 3.47. The van der Waals surface area contributed by atoms with Crippen molar-refractivity contribution in [3.63, 3.8) is 0 Å². The molecule has 2 amide bonds. The summed E-state index contributed by atoms with van der Waals surface area (Å²) in [4.78, 5) is 25.5. The third kappa shape index (κ3) is 6.23. The largest absolute Gasteiger partial charge is 0.450 e. The fourth-order valence-electron chi connectivity index (χ4n) is 2.93. The fraction of sp³-hybridized carbons (Fsp3) is 0.556. The summed E-state index contributed by atoms with van der Waals surface area (Å²) in [6.45, 7) is 5.07. The van der Waals surface area contributed by atoms with E-state index >= 15 is 0 Å². The monoisotopic (exact) mass is 419 g/mol. The van der Waals surface area contributed by atoms with Crippen LogP contribution >= 0.6 is 23.2 Å². The Morgan fingerprint density at radius 3 is 2.59 bits per heavy atom. The highest BCUT2D eigenvalue weighted by Crippen LogP contribution is 2.28. The van der Waals surface area contributed by atoms with Gasteiger partial charge in [-0.05, 0) is 44.4 Å². The van der Waals surface area contributed by atoms with Crippen LogP contribution in [-0.4, -0.2) is 49.2 Å². The van der Waals surface area contributed by atoms with E-state index in [0.717, 1.165) is 0 Å². The van der Waals surface area contributed by atoms with E-state index in [0.29, 0.717) is 43.1 Å². The number of hydrogen-bond acceptors (Lipinski definition) is 4. The summed E-state index contributed by atoms with van der Waals surface area (Å²) in [7, 11) is 0. The number of benzene rings is 1. The Bertz CT molecular complexity index is 682. The molecule has 6 nitrogen and oxygen atoms in total. The average Bonchev–Trinajstić information content (AvgIpc) is 2.63. The first-order valence-corrected chi connectivity index (χ1v) is 9.66. The average molecular weight is 420 g/mol. The van der Waals surface area contributed by atoms with Crippen LogP contribution in [0.5, 0.6) is 0 Å². The number of carbonyl (C=O) groups excluding carboxylic acids is 2. The molecule has 0 aliphatic carbocycles. The normalized spacial score (nSPS) is 16.1. The summed E-state index contributed by atoms with van der Waals surface area (Å²) < 4.78 is 18.6. The maximum Gasteiger partial charge on any atom is 0.409 e. The molecule has 1 saturated heterocycles. The SMILES string of the molecule is CCOC(=O)N1CCC(NC(=O)CN[C@@H](C)c2cc(F)c(Cl)cc2Cl)CC1. The number of halogens is 3. The van der Waals surface area contributed by atoms with Gasteiger partial charge < -0.3 is 20.3 Å². The van der Waals surface area contributed by atoms with E-state index in [9.17, 15) is 14.0 Å². The van der Waals surface area contributed by atoms with Crippen molar-refractivity contribution in [1.29, 1.82) is 0 Å². The highest BCUT2D eigenvalue weighted by atomic mass is 35.5. The molecule has 0 bridgehead atoms. The molecule has 1 aliphatic heterocycles. The molecule has 1 fully saturated rings. The van der Waals surface area contributed by atoms with Gasteiger partial charge in [0.05, 0.1) is 18.2 Å². The van der Waals surface area contributed by atoms with Gasteiger partial charge >= 0.3 is 6.09 Å². The van der Waals surface area contributed by atoms with Crippen molar-refractivity contribution in [2.45, 2.75) is 38.8 Å². The molecule has 0 spiro atoms. The molecule has 9 heteroatoms. The van der Waals surface area contributed by atoms with Gasteiger partial charge in [-0.25, -0.2) is 9.18 Å². The van der Waals surface area contributed by atoms with Gasteiger partial charge in [0.2, 0.25) is 5.91 Å². The zero-order valence-electron chi connectivity index (χ0n) is 15.4. The molecule has 150 valence electrons. The highest BCUT2D eigenvalue weighted by molar-refractivity contribution is 6.35. The number of piperidine rings is 1. The lowest BCUT2D eigenvalue weighted by Crippen LogP contribution is -2.48. The Labute approximate surface area is 168 Å². The van der Waals surface area contributed by atoms with E-state index in [1.165, 1.54) is 12.1 Å². The van der Waals surface area contributed by atoms with Gasteiger partial charge in [0.1, 0.15) is 5.82 Å². The minimum Gasteiger partial charge on any atom is -0.450 e. The Hall–Kier alpha value is -1.57. The van der Waals surface area contributed by atoms with Crippen LogP contribution in [0.2, 0.25) is 10.0 Å². The molecule has 1 aromatic rings. The Kier molecular flexibility index (Phi) is 8.13. The zero-order valence-corrected chi connectivity index (χ0v) is 16.9. The Balaban J connectivity index is 1.77. The molecule has 0 saturated carbocycles. The van der Waals surface area contributed by atoms with E-state index in [-0.39, 0.29) is 35.7 Å². The summed E-state index contributed by atoms with van der Waals surface area (Å²) >= 11 is 11.8. The summed E-state index contributed by atoms with van der Waals surface area (Å²) in [6, 6.07) is 2.31. The minimum absolute atomic E-state index is 0.0110. The summed E-state index contributed by atoms with van der Waals surface area (Å²) in [5, 5.41) is 6.27. The second-order valence-electron chi connectivity index (χ2n) is 6.42. The van der Waals surface area contributed by atoms with Gasteiger partial charge in [0.25, 0.3) is 0 Å². The van der Waals surface area contributed by atoms with E-state index in [1.807, 2.05) is 0 Å². The van der Waals surface area contributed by atoms with E-state index in [2.05, 4.69) is 10.6 Å². The predicted molar refractivity (Wildman–Crippen MR) is 103 cm³/mol.